The van der Waals surface area contributed by atoms with E-state index in [1.54, 1.807) is 11.1 Å². The second-order valence-corrected chi connectivity index (χ2v) is 15.8. The molecule has 300 valence electrons. The average molecular weight is 881 g/mol. The standard InChI is InChI=1S/2C25H29.2CH3.2ClH.Si.Zr/c2*1-3-19-10-12-22(13-11-19)23-14-9-18(2)24-16-21(17-25(23)24)15-20-7-5-4-6-8-20;;;;;;/h2*9-14,16-17,20H,3-8,15H2,1-2H3;2*1H3;2*1H;;/q4*-1;;;;. The van der Waals surface area contributed by atoms with Gasteiger partial charge in [-0.1, -0.05) is 164 Å². The van der Waals surface area contributed by atoms with E-state index in [-0.39, 0.29) is 39.7 Å². The molecular formula is C52H66Cl2SiZr-4. The molecule has 0 aromatic heterocycles. The molecule has 0 aliphatic heterocycles. The van der Waals surface area contributed by atoms with Crippen LogP contribution in [0.4, 0.5) is 0 Å². The molecule has 56 heavy (non-hydrogen) atoms. The molecule has 0 heterocycles. The third-order valence-corrected chi connectivity index (χ3v) is 12.2. The number of fused-ring (bicyclic) bond motifs is 2. The van der Waals surface area contributed by atoms with Gasteiger partial charge in [-0.05, 0) is 59.8 Å². The Hall–Kier alpha value is -2.22. The summed E-state index contributed by atoms with van der Waals surface area (Å²) in [5.74, 6) is 1.80. The van der Waals surface area contributed by atoms with E-state index in [1.807, 2.05) is 0 Å². The van der Waals surface area contributed by atoms with Crippen LogP contribution in [0.3, 0.4) is 0 Å². The maximum absolute atomic E-state index is 3.06. The summed E-state index contributed by atoms with van der Waals surface area (Å²) < 4.78 is 0. The molecular weight excluding hydrogens is 815 g/mol. The number of halogens is 2. The molecule has 4 heteroatoms. The molecule has 6 aromatic carbocycles. The molecule has 0 N–H and O–H groups in total. The van der Waals surface area contributed by atoms with Crippen LogP contribution in [0.25, 0.3) is 43.8 Å². The Balaban J connectivity index is 0.000000347. The molecule has 2 fully saturated rings. The van der Waals surface area contributed by atoms with Gasteiger partial charge in [0.2, 0.25) is 0 Å². The molecule has 0 bridgehead atoms. The van der Waals surface area contributed by atoms with Crippen LogP contribution in [0.2, 0.25) is 0 Å². The Morgan fingerprint density at radius 2 is 0.857 bits per heavy atom. The first-order valence-electron chi connectivity index (χ1n) is 20.3. The number of hydrogen-bond donors (Lipinski definition) is 0. The summed E-state index contributed by atoms with van der Waals surface area (Å²) in [6.07, 6.45) is 19.0. The number of hydrogen-bond acceptors (Lipinski definition) is 0. The molecule has 2 radical (unpaired) electrons. The summed E-state index contributed by atoms with van der Waals surface area (Å²) >= 11 is 1.36. The number of aryl methyl sites for hydroxylation is 4. The molecule has 0 unspecified atom stereocenters. The fraction of sp³-hybridized carbons (Fsp3) is 0.385. The van der Waals surface area contributed by atoms with Crippen LogP contribution in [0.5, 0.6) is 0 Å². The molecule has 0 spiro atoms. The van der Waals surface area contributed by atoms with Gasteiger partial charge in [0.15, 0.2) is 0 Å². The van der Waals surface area contributed by atoms with E-state index >= 15 is 0 Å². The van der Waals surface area contributed by atoms with Gasteiger partial charge in [0.1, 0.15) is 0 Å². The van der Waals surface area contributed by atoms with Gasteiger partial charge in [-0.25, -0.2) is 0 Å². The van der Waals surface area contributed by atoms with Gasteiger partial charge in [0.05, 0.1) is 0 Å². The van der Waals surface area contributed by atoms with Crippen LogP contribution in [0.1, 0.15) is 111 Å². The summed E-state index contributed by atoms with van der Waals surface area (Å²) in [6, 6.07) is 37.3. The Morgan fingerprint density at radius 1 is 0.518 bits per heavy atom. The van der Waals surface area contributed by atoms with Gasteiger partial charge in [0, 0.05) is 0 Å². The van der Waals surface area contributed by atoms with Gasteiger partial charge >= 0.3 is 30.2 Å². The monoisotopic (exact) mass is 878 g/mol. The molecule has 2 aliphatic carbocycles. The van der Waals surface area contributed by atoms with Crippen molar-refractivity contribution in [3.8, 4) is 22.3 Å². The maximum atomic E-state index is 3.06. The third-order valence-electron chi connectivity index (χ3n) is 12.2. The van der Waals surface area contributed by atoms with Crippen molar-refractivity contribution >= 4 is 53.2 Å². The first-order chi connectivity index (χ1) is 25.5. The summed E-state index contributed by atoms with van der Waals surface area (Å²) in [5, 5.41) is 5.77. The van der Waals surface area contributed by atoms with Crippen molar-refractivity contribution in [3.05, 3.63) is 145 Å². The first-order valence-corrected chi connectivity index (χ1v) is 24.5. The van der Waals surface area contributed by atoms with Gasteiger partial charge in [-0.15, -0.1) is 92.9 Å². The van der Waals surface area contributed by atoms with E-state index < -0.39 is 0 Å². The molecule has 0 saturated heterocycles. The Morgan fingerprint density at radius 3 is 1.18 bits per heavy atom. The SMILES string of the molecule is CCc1ccc(-c2ccc(C)c3[cH-]c(CC4CCCCC4)cc23)cc1.CCc1ccc(-c2ccc(C)c3[cH-]c(CC4CCCCC4)cc23)cc1.Cl.Cl.[CH3-].[CH3-].[Si]=[Zr]. The van der Waals surface area contributed by atoms with E-state index in [0.29, 0.717) is 0 Å². The second kappa shape index (κ2) is 24.6. The van der Waals surface area contributed by atoms with Crippen molar-refractivity contribution in [1.82, 2.24) is 0 Å². The summed E-state index contributed by atoms with van der Waals surface area (Å²) in [4.78, 5) is 0. The van der Waals surface area contributed by atoms with E-state index in [0.717, 1.165) is 24.7 Å². The Kier molecular flexibility index (Phi) is 22.0. The van der Waals surface area contributed by atoms with Crippen LogP contribution in [-0.4, -0.2) is 6.88 Å². The van der Waals surface area contributed by atoms with Crippen molar-refractivity contribution in [1.29, 1.82) is 0 Å². The fourth-order valence-electron chi connectivity index (χ4n) is 9.04. The van der Waals surface area contributed by atoms with Gasteiger partial charge in [-0.3, -0.25) is 0 Å². The number of rotatable bonds is 8. The summed E-state index contributed by atoms with van der Waals surface area (Å²) in [6.45, 7) is 12.0. The van der Waals surface area contributed by atoms with Crippen molar-refractivity contribution < 1.29 is 23.3 Å². The second-order valence-electron chi connectivity index (χ2n) is 15.8. The van der Waals surface area contributed by atoms with Gasteiger partial charge in [-0.2, -0.15) is 12.1 Å². The summed E-state index contributed by atoms with van der Waals surface area (Å²) in [5.41, 5.74) is 14.2. The molecule has 0 nitrogen and oxygen atoms in total. The average Bonchev–Trinajstić information content (AvgIpc) is 3.83. The Labute approximate surface area is 370 Å². The van der Waals surface area contributed by atoms with Crippen molar-refractivity contribution in [2.75, 3.05) is 0 Å². The molecule has 2 aliphatic rings. The Bertz CT molecular complexity index is 1870. The first kappa shape index (κ1) is 49.9. The quantitative estimate of drug-likeness (QED) is 0.106. The zero-order valence-corrected chi connectivity index (χ0v) is 40.2. The van der Waals surface area contributed by atoms with E-state index in [9.17, 15) is 0 Å². The molecule has 0 amide bonds. The zero-order chi connectivity index (χ0) is 36.5. The number of benzene rings is 4. The zero-order valence-electron chi connectivity index (χ0n) is 35.1. The molecule has 8 rings (SSSR count). The topological polar surface area (TPSA) is 0 Å². The molecule has 6 aromatic rings. The molecule has 0 atom stereocenters. The van der Waals surface area contributed by atoms with Crippen molar-refractivity contribution in [3.63, 3.8) is 0 Å². The fourth-order valence-corrected chi connectivity index (χ4v) is 9.04. The van der Waals surface area contributed by atoms with Gasteiger partial charge < -0.3 is 14.9 Å². The molecule has 2 saturated carbocycles. The van der Waals surface area contributed by atoms with Crippen molar-refractivity contribution in [2.24, 2.45) is 11.8 Å². The van der Waals surface area contributed by atoms with Crippen LogP contribution in [0, 0.1) is 40.5 Å². The van der Waals surface area contributed by atoms with Crippen molar-refractivity contribution in [2.45, 2.75) is 118 Å². The van der Waals surface area contributed by atoms with E-state index in [4.69, 9.17) is 0 Å². The van der Waals surface area contributed by atoms with E-state index in [2.05, 4.69) is 132 Å². The predicted molar refractivity (Wildman–Crippen MR) is 252 cm³/mol. The van der Waals surface area contributed by atoms with Crippen LogP contribution < -0.4 is 0 Å². The third kappa shape index (κ3) is 12.4. The minimum atomic E-state index is 0. The van der Waals surface area contributed by atoms with Gasteiger partial charge in [0.25, 0.3) is 0 Å². The minimum absolute atomic E-state index is 0. The van der Waals surface area contributed by atoms with Crippen LogP contribution >= 0.6 is 24.8 Å². The van der Waals surface area contributed by atoms with E-state index in [1.165, 1.54) is 166 Å². The predicted octanol–water partition coefficient (Wildman–Crippen LogP) is 15.8. The normalized spacial score (nSPS) is 14.1. The summed E-state index contributed by atoms with van der Waals surface area (Å²) in [7, 11) is 0. The van der Waals surface area contributed by atoms with Crippen LogP contribution in [-0.2, 0) is 49.0 Å². The van der Waals surface area contributed by atoms with Crippen LogP contribution in [0.15, 0.2) is 97.1 Å².